The van der Waals surface area contributed by atoms with E-state index in [1.165, 1.54) is 19.1 Å². The van der Waals surface area contributed by atoms with Crippen molar-refractivity contribution in [3.05, 3.63) is 56.6 Å². The van der Waals surface area contributed by atoms with Gasteiger partial charge in [-0.2, -0.15) is 0 Å². The molecule has 0 aromatic heterocycles. The first-order valence-corrected chi connectivity index (χ1v) is 10.7. The number of nitrogens with one attached hydrogen (secondary N) is 1. The summed E-state index contributed by atoms with van der Waals surface area (Å²) in [6, 6.07) is 4.79. The van der Waals surface area contributed by atoms with Gasteiger partial charge in [0.25, 0.3) is 21.6 Å². The Balaban J connectivity index is 1.95. The van der Waals surface area contributed by atoms with E-state index in [4.69, 9.17) is 4.74 Å². The van der Waals surface area contributed by atoms with Crippen molar-refractivity contribution in [2.45, 2.75) is 51.0 Å². The highest BCUT2D eigenvalue weighted by atomic mass is 32.2. The number of phenolic OH excluding ortho intramolecular Hbond substituents is 1. The molecule has 10 heteroatoms. The Hall–Kier alpha value is -3.14. The number of aromatic hydroxyl groups is 1. The molecule has 0 fully saturated rings. The van der Waals surface area contributed by atoms with Gasteiger partial charge < -0.3 is 9.84 Å². The molecule has 3 rings (SSSR count). The largest absolute Gasteiger partial charge is 0.507 e. The van der Waals surface area contributed by atoms with Gasteiger partial charge in [-0.25, -0.2) is 13.1 Å². The first kappa shape index (κ1) is 21.6. The minimum absolute atomic E-state index is 0.168. The van der Waals surface area contributed by atoms with Crippen LogP contribution in [-0.2, 0) is 21.2 Å². The zero-order valence-corrected chi connectivity index (χ0v) is 17.8. The monoisotopic (exact) mass is 434 g/mol. The molecule has 0 bridgehead atoms. The lowest BCUT2D eigenvalue weighted by Crippen LogP contribution is -2.52. The highest BCUT2D eigenvalue weighted by Crippen LogP contribution is 2.43. The average molecular weight is 434 g/mol. The maximum Gasteiger partial charge on any atom is 0.289 e. The summed E-state index contributed by atoms with van der Waals surface area (Å²) >= 11 is 0. The molecule has 1 atom stereocenters. The molecule has 2 aromatic carbocycles. The van der Waals surface area contributed by atoms with Gasteiger partial charge in [0.2, 0.25) is 0 Å². The van der Waals surface area contributed by atoms with Gasteiger partial charge in [-0.3, -0.25) is 14.9 Å². The van der Waals surface area contributed by atoms with E-state index in [2.05, 4.69) is 0 Å². The third kappa shape index (κ3) is 3.47. The molecular weight excluding hydrogens is 412 g/mol. The number of nitro groups is 1. The molecule has 2 aromatic rings. The van der Waals surface area contributed by atoms with Gasteiger partial charge in [0.05, 0.1) is 4.92 Å². The Bertz CT molecular complexity index is 1170. The number of hydrogen-bond acceptors (Lipinski definition) is 7. The number of carbonyl (C=O) groups excluding carboxylic acids is 1. The molecule has 9 nitrogen and oxygen atoms in total. The number of carbonyl (C=O) groups is 1. The van der Waals surface area contributed by atoms with Gasteiger partial charge in [0.15, 0.2) is 10.5 Å². The van der Waals surface area contributed by atoms with Gasteiger partial charge in [0, 0.05) is 18.1 Å². The molecule has 30 heavy (non-hydrogen) atoms. The van der Waals surface area contributed by atoms with Crippen LogP contribution in [0.1, 0.15) is 35.6 Å². The van der Waals surface area contributed by atoms with Crippen LogP contribution in [0.3, 0.4) is 0 Å². The van der Waals surface area contributed by atoms with E-state index >= 15 is 0 Å². The van der Waals surface area contributed by atoms with Crippen molar-refractivity contribution in [2.75, 3.05) is 0 Å². The fourth-order valence-electron chi connectivity index (χ4n) is 3.53. The summed E-state index contributed by atoms with van der Waals surface area (Å²) in [5.74, 6) is -0.314. The number of para-hydroxylation sites is 1. The number of nitro benzene ring substituents is 1. The zero-order valence-electron chi connectivity index (χ0n) is 17.0. The molecule has 0 saturated carbocycles. The second-order valence-corrected chi connectivity index (χ2v) is 9.17. The second kappa shape index (κ2) is 7.28. The molecule has 0 aliphatic carbocycles. The van der Waals surface area contributed by atoms with Crippen LogP contribution in [0.2, 0.25) is 0 Å². The lowest BCUT2D eigenvalue weighted by atomic mass is 9.87. The lowest BCUT2D eigenvalue weighted by Gasteiger charge is -2.36. The third-order valence-corrected chi connectivity index (χ3v) is 6.96. The maximum atomic E-state index is 12.9. The maximum absolute atomic E-state index is 12.9. The van der Waals surface area contributed by atoms with E-state index < -0.39 is 37.0 Å². The number of hydrogen-bond donors (Lipinski definition) is 2. The average Bonchev–Trinajstić information content (AvgIpc) is 2.70. The van der Waals surface area contributed by atoms with Crippen molar-refractivity contribution in [3.63, 3.8) is 0 Å². The van der Waals surface area contributed by atoms with Crippen molar-refractivity contribution >= 4 is 21.6 Å². The number of nitrogens with zero attached hydrogens (tertiary/aromatic N) is 1. The Morgan fingerprint density at radius 1 is 1.20 bits per heavy atom. The molecule has 160 valence electrons. The van der Waals surface area contributed by atoms with Crippen LogP contribution in [0.25, 0.3) is 0 Å². The first-order valence-electron chi connectivity index (χ1n) is 9.20. The number of rotatable bonds is 4. The zero-order chi connectivity index (χ0) is 22.4. The van der Waals surface area contributed by atoms with Crippen LogP contribution in [0.4, 0.5) is 5.69 Å². The third-order valence-electron chi connectivity index (χ3n) is 5.58. The highest BCUT2D eigenvalue weighted by molar-refractivity contribution is 7.90. The number of benzene rings is 2. The fraction of sp³-hybridized carbons (Fsp3) is 0.350. The highest BCUT2D eigenvalue weighted by Gasteiger charge is 2.43. The molecule has 0 radical (unpaired) electrons. The summed E-state index contributed by atoms with van der Waals surface area (Å²) in [5, 5.41) is 21.4. The lowest BCUT2D eigenvalue weighted by molar-refractivity contribution is -0.387. The fourth-order valence-corrected chi connectivity index (χ4v) is 4.77. The van der Waals surface area contributed by atoms with Crippen molar-refractivity contribution in [1.82, 2.24) is 4.72 Å². The van der Waals surface area contributed by atoms with Gasteiger partial charge in [-0.05, 0) is 56.9 Å². The topological polar surface area (TPSA) is 136 Å². The number of sulfonamides is 1. The molecule has 1 aliphatic heterocycles. The van der Waals surface area contributed by atoms with Crippen molar-refractivity contribution in [3.8, 4) is 11.5 Å². The smallest absolute Gasteiger partial charge is 0.289 e. The molecule has 1 amide bonds. The Labute approximate surface area is 173 Å². The Morgan fingerprint density at radius 2 is 1.83 bits per heavy atom. The predicted molar refractivity (Wildman–Crippen MR) is 108 cm³/mol. The van der Waals surface area contributed by atoms with Crippen LogP contribution in [0.5, 0.6) is 11.5 Å². The molecule has 0 spiro atoms. The van der Waals surface area contributed by atoms with Crippen LogP contribution >= 0.6 is 0 Å². The molecule has 0 saturated heterocycles. The SMILES string of the molecule is Cc1c(C)c2c(c(C)c1O)CCC(C)(C(=O)NS(=O)(=O)c1ccccc1[N+](=O)[O-])O2. The summed E-state index contributed by atoms with van der Waals surface area (Å²) in [4.78, 5) is 22.7. The predicted octanol–water partition coefficient (Wildman–Crippen LogP) is 2.81. The van der Waals surface area contributed by atoms with E-state index in [-0.39, 0.29) is 12.2 Å². The molecular formula is C20H22N2O7S. The summed E-state index contributed by atoms with van der Waals surface area (Å²) in [7, 11) is -4.49. The number of fused-ring (bicyclic) bond motifs is 1. The summed E-state index contributed by atoms with van der Waals surface area (Å²) in [6.07, 6.45) is 0.562. The molecule has 2 N–H and O–H groups in total. The molecule has 1 aliphatic rings. The molecule has 1 unspecified atom stereocenters. The van der Waals surface area contributed by atoms with Crippen molar-refractivity contribution in [1.29, 1.82) is 0 Å². The minimum atomic E-state index is -4.49. The van der Waals surface area contributed by atoms with E-state index in [0.717, 1.165) is 17.7 Å². The van der Waals surface area contributed by atoms with Gasteiger partial charge >= 0.3 is 0 Å². The van der Waals surface area contributed by atoms with Gasteiger partial charge in [-0.15, -0.1) is 0 Å². The Kier molecular flexibility index (Phi) is 5.23. The molecule has 1 heterocycles. The number of amides is 1. The van der Waals surface area contributed by atoms with E-state index in [0.29, 0.717) is 28.9 Å². The van der Waals surface area contributed by atoms with Crippen molar-refractivity contribution < 1.29 is 28.0 Å². The van der Waals surface area contributed by atoms with Crippen LogP contribution in [0.15, 0.2) is 29.2 Å². The van der Waals surface area contributed by atoms with Gasteiger partial charge in [-0.1, -0.05) is 12.1 Å². The normalized spacial score (nSPS) is 18.3. The van der Waals surface area contributed by atoms with Crippen LogP contribution in [0, 0.1) is 30.9 Å². The number of ether oxygens (including phenoxy) is 1. The Morgan fingerprint density at radius 3 is 2.47 bits per heavy atom. The summed E-state index contributed by atoms with van der Waals surface area (Å²) in [5.41, 5.74) is 0.558. The van der Waals surface area contributed by atoms with E-state index in [9.17, 15) is 28.4 Å². The summed E-state index contributed by atoms with van der Waals surface area (Å²) < 4.78 is 33.3. The van der Waals surface area contributed by atoms with Crippen LogP contribution < -0.4 is 9.46 Å². The van der Waals surface area contributed by atoms with Crippen molar-refractivity contribution in [2.24, 2.45) is 0 Å². The van der Waals surface area contributed by atoms with Crippen LogP contribution in [-0.4, -0.2) is 30.0 Å². The minimum Gasteiger partial charge on any atom is -0.507 e. The van der Waals surface area contributed by atoms with E-state index in [1.807, 2.05) is 4.72 Å². The standard InChI is InChI=1S/C20H22N2O7S/c1-11-12(2)18-14(13(3)17(11)23)9-10-20(4,29-18)19(24)21-30(27,28)16-8-6-5-7-15(16)22(25)26/h5-8,23H,9-10H2,1-4H3,(H,21,24). The summed E-state index contributed by atoms with van der Waals surface area (Å²) in [6.45, 7) is 6.70. The second-order valence-electron chi connectivity index (χ2n) is 7.52. The number of phenols is 1. The van der Waals surface area contributed by atoms with E-state index in [1.54, 1.807) is 20.8 Å². The quantitative estimate of drug-likeness (QED) is 0.558. The first-order chi connectivity index (χ1) is 13.9. The van der Waals surface area contributed by atoms with Gasteiger partial charge in [0.1, 0.15) is 11.5 Å².